The number of aromatic nitrogens is 4. The number of halogens is 3. The van der Waals surface area contributed by atoms with Crippen LogP contribution in [0.3, 0.4) is 0 Å². The number of fused-ring (bicyclic) bond motifs is 1. The Labute approximate surface area is 280 Å². The number of carboxylic acids is 1. The summed E-state index contributed by atoms with van der Waals surface area (Å²) in [6.45, 7) is 7.37. The van der Waals surface area contributed by atoms with E-state index in [0.717, 1.165) is 54.6 Å². The molecule has 0 saturated carbocycles. The Morgan fingerprint density at radius 2 is 1.75 bits per heavy atom. The largest absolute Gasteiger partial charge is 0.478 e. The molecule has 260 valence electrons. The topological polar surface area (TPSA) is 122 Å². The highest BCUT2D eigenvalue weighted by atomic mass is 19.4. The third kappa shape index (κ3) is 10.7. The van der Waals surface area contributed by atoms with E-state index in [1.807, 2.05) is 12.1 Å². The molecule has 3 aromatic heterocycles. The highest BCUT2D eigenvalue weighted by Gasteiger charge is 2.39. The number of carbonyl (C=O) groups is 1. The second-order valence-electron chi connectivity index (χ2n) is 12.5. The summed E-state index contributed by atoms with van der Waals surface area (Å²) < 4.78 is 39.6. The van der Waals surface area contributed by atoms with Crippen molar-refractivity contribution in [2.45, 2.75) is 103 Å². The molecule has 0 unspecified atom stereocenters. The van der Waals surface area contributed by atoms with Crippen LogP contribution in [0.15, 0.2) is 55.0 Å². The molecular weight excluding hydrogens is 619 g/mol. The Kier molecular flexibility index (Phi) is 13.6. The van der Waals surface area contributed by atoms with Crippen molar-refractivity contribution in [2.24, 2.45) is 0 Å². The summed E-state index contributed by atoms with van der Waals surface area (Å²) in [6.07, 6.45) is 12.6. The first-order chi connectivity index (χ1) is 23.1. The number of pyridine rings is 2. The minimum atomic E-state index is -4.81. The van der Waals surface area contributed by atoms with E-state index in [2.05, 4.69) is 57.3 Å². The number of rotatable bonds is 15. The van der Waals surface area contributed by atoms with Crippen LogP contribution in [0.4, 0.5) is 24.8 Å². The van der Waals surface area contributed by atoms with Crippen molar-refractivity contribution in [3.8, 4) is 0 Å². The Hall–Kier alpha value is -4.19. The number of aromatic carboxylic acids is 1. The lowest BCUT2D eigenvalue weighted by Gasteiger charge is -2.22. The standard InChI is InChI=1S/C20H31N3.C16H17F3N4O2/c1-2-3-4-5-6-7-8-9-13-22-16-17-10-11-19-18(15-17)12-14-23-20(19)21;1-10-3-2-6-23(10)13-5-4-11(7-20-13)8-22-9-12(15(24)25)14(21-22)16(17,18)19/h10-12,14-15,22H,2-9,13,16H2,1H3,(H2,21,23);4-5,7,9-10H,2-3,6,8H2,1H3,(H,24,25)/t;10-/m.1/s1. The third-order valence-corrected chi connectivity index (χ3v) is 8.66. The molecule has 1 fully saturated rings. The number of unbranched alkanes of at least 4 members (excludes halogenated alkanes) is 7. The summed E-state index contributed by atoms with van der Waals surface area (Å²) in [6, 6.07) is 12.4. The van der Waals surface area contributed by atoms with E-state index in [-0.39, 0.29) is 6.54 Å². The van der Waals surface area contributed by atoms with Crippen LogP contribution in [0.25, 0.3) is 10.8 Å². The number of benzene rings is 1. The Morgan fingerprint density at radius 3 is 2.38 bits per heavy atom. The van der Waals surface area contributed by atoms with Crippen molar-refractivity contribution in [2.75, 3.05) is 23.7 Å². The van der Waals surface area contributed by atoms with Gasteiger partial charge in [-0.25, -0.2) is 14.8 Å². The molecule has 48 heavy (non-hydrogen) atoms. The zero-order valence-corrected chi connectivity index (χ0v) is 28.0. The van der Waals surface area contributed by atoms with E-state index in [1.54, 1.807) is 18.5 Å². The first-order valence-electron chi connectivity index (χ1n) is 17.0. The van der Waals surface area contributed by atoms with Crippen LogP contribution in [-0.2, 0) is 19.3 Å². The number of nitrogens with zero attached hydrogens (tertiary/aromatic N) is 5. The van der Waals surface area contributed by atoms with Gasteiger partial charge in [-0.05, 0) is 67.4 Å². The fraction of sp³-hybridized carbons (Fsp3) is 0.500. The average molecular weight is 668 g/mol. The average Bonchev–Trinajstić information content (AvgIpc) is 3.69. The van der Waals surface area contributed by atoms with Crippen molar-refractivity contribution >= 4 is 28.4 Å². The number of hydrogen-bond acceptors (Lipinski definition) is 7. The highest BCUT2D eigenvalue weighted by Crippen LogP contribution is 2.31. The summed E-state index contributed by atoms with van der Waals surface area (Å²) in [5.74, 6) is -0.215. The molecule has 0 spiro atoms. The number of hydrogen-bond donors (Lipinski definition) is 3. The molecule has 0 amide bonds. The lowest BCUT2D eigenvalue weighted by Crippen LogP contribution is -2.27. The van der Waals surface area contributed by atoms with Gasteiger partial charge in [0.1, 0.15) is 17.2 Å². The van der Waals surface area contributed by atoms with Crippen LogP contribution in [0.1, 0.15) is 105 Å². The smallest absolute Gasteiger partial charge is 0.436 e. The number of nitrogens with one attached hydrogen (secondary N) is 1. The quantitative estimate of drug-likeness (QED) is 0.109. The molecule has 1 aliphatic rings. The van der Waals surface area contributed by atoms with Crippen molar-refractivity contribution in [1.29, 1.82) is 0 Å². The second-order valence-corrected chi connectivity index (χ2v) is 12.5. The lowest BCUT2D eigenvalue weighted by molar-refractivity contribution is -0.142. The molecule has 4 N–H and O–H groups in total. The van der Waals surface area contributed by atoms with Gasteiger partial charge in [-0.1, -0.05) is 70.1 Å². The summed E-state index contributed by atoms with van der Waals surface area (Å²) in [4.78, 5) is 21.7. The summed E-state index contributed by atoms with van der Waals surface area (Å²) in [5.41, 5.74) is 5.58. The van der Waals surface area contributed by atoms with Gasteiger partial charge in [-0.2, -0.15) is 18.3 Å². The predicted octanol–water partition coefficient (Wildman–Crippen LogP) is 8.08. The van der Waals surface area contributed by atoms with Crippen molar-refractivity contribution in [1.82, 2.24) is 25.1 Å². The molecule has 1 aliphatic heterocycles. The van der Waals surface area contributed by atoms with Gasteiger partial charge < -0.3 is 21.1 Å². The van der Waals surface area contributed by atoms with Crippen LogP contribution < -0.4 is 16.0 Å². The van der Waals surface area contributed by atoms with Gasteiger partial charge in [0.15, 0.2) is 5.69 Å². The van der Waals surface area contributed by atoms with Crippen molar-refractivity contribution in [3.63, 3.8) is 0 Å². The third-order valence-electron chi connectivity index (χ3n) is 8.66. The van der Waals surface area contributed by atoms with Crippen LogP contribution in [-0.4, -0.2) is 50.0 Å². The molecule has 0 radical (unpaired) electrons. The van der Waals surface area contributed by atoms with E-state index in [9.17, 15) is 18.0 Å². The maximum atomic E-state index is 12.9. The monoisotopic (exact) mass is 667 g/mol. The fourth-order valence-corrected chi connectivity index (χ4v) is 5.99. The zero-order valence-electron chi connectivity index (χ0n) is 28.0. The molecule has 4 heterocycles. The van der Waals surface area contributed by atoms with Crippen molar-refractivity contribution < 1.29 is 23.1 Å². The summed E-state index contributed by atoms with van der Waals surface area (Å²) >= 11 is 0. The molecule has 9 nitrogen and oxygen atoms in total. The summed E-state index contributed by atoms with van der Waals surface area (Å²) in [7, 11) is 0. The maximum Gasteiger partial charge on any atom is 0.436 e. The number of anilines is 2. The molecule has 1 atom stereocenters. The second kappa shape index (κ2) is 17.8. The Morgan fingerprint density at radius 1 is 1.02 bits per heavy atom. The van der Waals surface area contributed by atoms with Crippen molar-refractivity contribution in [3.05, 3.63) is 77.4 Å². The van der Waals surface area contributed by atoms with E-state index in [0.29, 0.717) is 17.4 Å². The zero-order chi connectivity index (χ0) is 34.5. The Bertz CT molecular complexity index is 1590. The molecule has 1 saturated heterocycles. The first-order valence-corrected chi connectivity index (χ1v) is 17.0. The normalized spacial score (nSPS) is 14.7. The van der Waals surface area contributed by atoms with Crippen LogP contribution in [0.5, 0.6) is 0 Å². The number of alkyl halides is 3. The molecule has 0 aliphatic carbocycles. The van der Waals surface area contributed by atoms with E-state index in [4.69, 9.17) is 10.8 Å². The van der Waals surface area contributed by atoms with Gasteiger partial charge in [0.2, 0.25) is 0 Å². The molecular formula is C36H48F3N7O2. The highest BCUT2D eigenvalue weighted by molar-refractivity contribution is 5.91. The van der Waals surface area contributed by atoms with Gasteiger partial charge in [-0.3, -0.25) is 4.68 Å². The van der Waals surface area contributed by atoms with Crippen LogP contribution in [0.2, 0.25) is 0 Å². The van der Waals surface area contributed by atoms with Gasteiger partial charge in [0, 0.05) is 43.1 Å². The fourth-order valence-electron chi connectivity index (χ4n) is 5.99. The van der Waals surface area contributed by atoms with Gasteiger partial charge >= 0.3 is 12.1 Å². The molecule has 0 bridgehead atoms. The maximum absolute atomic E-state index is 12.9. The number of carboxylic acid groups (broad SMARTS) is 1. The van der Waals surface area contributed by atoms with E-state index < -0.39 is 23.4 Å². The minimum absolute atomic E-state index is 0.0131. The summed E-state index contributed by atoms with van der Waals surface area (Å²) in [5, 5.41) is 18.1. The van der Waals surface area contributed by atoms with Gasteiger partial charge in [-0.15, -0.1) is 0 Å². The minimum Gasteiger partial charge on any atom is -0.478 e. The SMILES string of the molecule is CCCCCCCCCCNCc1ccc2c(N)nccc2c1.C[C@@H]1CCCN1c1ccc(Cn2cc(C(=O)O)c(C(F)(F)F)n2)cn1. The molecule has 1 aromatic carbocycles. The lowest BCUT2D eigenvalue weighted by atomic mass is 10.1. The van der Waals surface area contributed by atoms with Crippen LogP contribution in [0, 0.1) is 0 Å². The predicted molar refractivity (Wildman–Crippen MR) is 184 cm³/mol. The number of nitrogen functional groups attached to an aromatic ring is 1. The molecule has 12 heteroatoms. The van der Waals surface area contributed by atoms with Gasteiger partial charge in [0.05, 0.1) is 6.54 Å². The molecule has 4 aromatic rings. The Balaban J connectivity index is 0.000000218. The van der Waals surface area contributed by atoms with E-state index >= 15 is 0 Å². The number of nitrogens with two attached hydrogens (primary N) is 1. The van der Waals surface area contributed by atoms with Crippen LogP contribution >= 0.6 is 0 Å². The van der Waals surface area contributed by atoms with Gasteiger partial charge in [0.25, 0.3) is 0 Å². The first kappa shape index (κ1) is 36.6. The van der Waals surface area contributed by atoms with E-state index in [1.165, 1.54) is 62.3 Å². The molecule has 5 rings (SSSR count).